The SMILES string of the molecule is COCc1ccccc1NC(N)=NCC(CC(C)C)N(C)C.I. The molecule has 1 aromatic carbocycles. The minimum Gasteiger partial charge on any atom is -0.380 e. The standard InChI is InChI=1S/C17H30N4O.HI/c1-13(2)10-15(21(3)4)11-19-17(18)20-16-9-7-6-8-14(16)12-22-5;/h6-9,13,15H,10-12H2,1-5H3,(H3,18,19,20);1H. The van der Waals surface area contributed by atoms with Gasteiger partial charge in [0.1, 0.15) is 0 Å². The second-order valence-electron chi connectivity index (χ2n) is 6.19. The first-order chi connectivity index (χ1) is 10.4. The largest absolute Gasteiger partial charge is 0.380 e. The zero-order chi connectivity index (χ0) is 16.5. The van der Waals surface area contributed by atoms with Crippen LogP contribution in [-0.2, 0) is 11.3 Å². The molecule has 132 valence electrons. The summed E-state index contributed by atoms with van der Waals surface area (Å²) in [7, 11) is 5.85. The molecule has 1 atom stereocenters. The normalized spacial score (nSPS) is 13.1. The summed E-state index contributed by atoms with van der Waals surface area (Å²) in [6.07, 6.45) is 1.10. The molecule has 0 saturated heterocycles. The van der Waals surface area contributed by atoms with Crippen LogP contribution in [0.4, 0.5) is 5.69 Å². The maximum Gasteiger partial charge on any atom is 0.193 e. The predicted octanol–water partition coefficient (Wildman–Crippen LogP) is 3.15. The molecule has 3 N–H and O–H groups in total. The quantitative estimate of drug-likeness (QED) is 0.375. The molecule has 0 aromatic heterocycles. The summed E-state index contributed by atoms with van der Waals surface area (Å²) in [5.74, 6) is 1.08. The van der Waals surface area contributed by atoms with Gasteiger partial charge in [0.05, 0.1) is 13.2 Å². The molecule has 1 rings (SSSR count). The Kier molecular flexibility index (Phi) is 11.2. The molecule has 23 heavy (non-hydrogen) atoms. The molecule has 0 amide bonds. The van der Waals surface area contributed by atoms with E-state index in [0.29, 0.717) is 31.1 Å². The third-order valence-corrected chi connectivity index (χ3v) is 3.53. The Bertz CT molecular complexity index is 477. The lowest BCUT2D eigenvalue weighted by molar-refractivity contribution is 0.185. The highest BCUT2D eigenvalue weighted by Crippen LogP contribution is 2.15. The van der Waals surface area contributed by atoms with Gasteiger partial charge in [-0.15, -0.1) is 24.0 Å². The molecule has 5 nitrogen and oxygen atoms in total. The molecule has 0 heterocycles. The molecular formula is C17H31IN4O. The molecule has 0 radical (unpaired) electrons. The van der Waals surface area contributed by atoms with Crippen molar-refractivity contribution in [3.63, 3.8) is 0 Å². The number of ether oxygens (including phenoxy) is 1. The number of aliphatic imine (C=N–C) groups is 1. The van der Waals surface area contributed by atoms with Gasteiger partial charge in [-0.05, 0) is 32.5 Å². The van der Waals surface area contributed by atoms with Crippen LogP contribution in [0.1, 0.15) is 25.8 Å². The molecule has 0 aliphatic heterocycles. The number of likely N-dealkylation sites (N-methyl/N-ethyl adjacent to an activating group) is 1. The van der Waals surface area contributed by atoms with Crippen LogP contribution in [0.3, 0.4) is 0 Å². The molecule has 0 fully saturated rings. The number of benzene rings is 1. The zero-order valence-electron chi connectivity index (χ0n) is 14.9. The number of hydrogen-bond donors (Lipinski definition) is 2. The number of hydrogen-bond acceptors (Lipinski definition) is 3. The Morgan fingerprint density at radius 1 is 1.30 bits per heavy atom. The number of halogens is 1. The number of guanidine groups is 1. The zero-order valence-corrected chi connectivity index (χ0v) is 17.2. The van der Waals surface area contributed by atoms with E-state index in [1.54, 1.807) is 7.11 Å². The van der Waals surface area contributed by atoms with E-state index in [0.717, 1.165) is 17.7 Å². The predicted molar refractivity (Wildman–Crippen MR) is 110 cm³/mol. The van der Waals surface area contributed by atoms with E-state index in [2.05, 4.69) is 43.2 Å². The summed E-state index contributed by atoms with van der Waals surface area (Å²) in [5, 5.41) is 3.17. The van der Waals surface area contributed by atoms with Gasteiger partial charge in [0.25, 0.3) is 0 Å². The molecule has 0 spiro atoms. The topological polar surface area (TPSA) is 62.9 Å². The molecule has 0 bridgehead atoms. The Balaban J connectivity index is 0.00000484. The summed E-state index contributed by atoms with van der Waals surface area (Å²) in [5.41, 5.74) is 8.03. The van der Waals surface area contributed by atoms with Crippen LogP contribution in [0.5, 0.6) is 0 Å². The molecule has 1 aromatic rings. The molecule has 1 unspecified atom stereocenters. The van der Waals surface area contributed by atoms with Crippen LogP contribution < -0.4 is 11.1 Å². The lowest BCUT2D eigenvalue weighted by Gasteiger charge is -2.24. The monoisotopic (exact) mass is 434 g/mol. The van der Waals surface area contributed by atoms with Crippen molar-refractivity contribution < 1.29 is 4.74 Å². The average Bonchev–Trinajstić information content (AvgIpc) is 2.45. The minimum absolute atomic E-state index is 0. The molecule has 6 heteroatoms. The first kappa shape index (κ1) is 22.1. The number of nitrogens with zero attached hydrogens (tertiary/aromatic N) is 2. The summed E-state index contributed by atoms with van der Waals surface area (Å²) < 4.78 is 5.20. The van der Waals surface area contributed by atoms with Crippen LogP contribution >= 0.6 is 24.0 Å². The van der Waals surface area contributed by atoms with E-state index in [1.807, 2.05) is 24.3 Å². The third kappa shape index (κ3) is 8.53. The van der Waals surface area contributed by atoms with Crippen LogP contribution in [0.25, 0.3) is 0 Å². The van der Waals surface area contributed by atoms with Gasteiger partial charge in [0.2, 0.25) is 0 Å². The van der Waals surface area contributed by atoms with E-state index in [9.17, 15) is 0 Å². The number of anilines is 1. The van der Waals surface area contributed by atoms with Crippen molar-refractivity contribution in [3.8, 4) is 0 Å². The Labute approximate surface area is 157 Å². The van der Waals surface area contributed by atoms with Crippen molar-refractivity contribution in [1.29, 1.82) is 0 Å². The van der Waals surface area contributed by atoms with Crippen molar-refractivity contribution in [2.24, 2.45) is 16.6 Å². The van der Waals surface area contributed by atoms with E-state index >= 15 is 0 Å². The smallest absolute Gasteiger partial charge is 0.193 e. The van der Waals surface area contributed by atoms with Crippen molar-refractivity contribution in [2.45, 2.75) is 32.9 Å². The Morgan fingerprint density at radius 2 is 1.96 bits per heavy atom. The number of para-hydroxylation sites is 1. The van der Waals surface area contributed by atoms with Crippen LogP contribution in [0, 0.1) is 5.92 Å². The fraction of sp³-hybridized carbons (Fsp3) is 0.588. The van der Waals surface area contributed by atoms with Crippen molar-refractivity contribution in [3.05, 3.63) is 29.8 Å². The van der Waals surface area contributed by atoms with Gasteiger partial charge in [-0.25, -0.2) is 0 Å². The molecule has 0 aliphatic carbocycles. The first-order valence-corrected chi connectivity index (χ1v) is 7.74. The Hall–Kier alpha value is -0.860. The van der Waals surface area contributed by atoms with Gasteiger partial charge in [0.15, 0.2) is 5.96 Å². The number of nitrogens with two attached hydrogens (primary N) is 1. The van der Waals surface area contributed by atoms with E-state index in [1.165, 1.54) is 0 Å². The molecular weight excluding hydrogens is 403 g/mol. The van der Waals surface area contributed by atoms with Crippen molar-refractivity contribution in [2.75, 3.05) is 33.1 Å². The van der Waals surface area contributed by atoms with Crippen molar-refractivity contribution >= 4 is 35.6 Å². The summed E-state index contributed by atoms with van der Waals surface area (Å²) >= 11 is 0. The average molecular weight is 434 g/mol. The van der Waals surface area contributed by atoms with Crippen LogP contribution in [0.2, 0.25) is 0 Å². The van der Waals surface area contributed by atoms with Gasteiger partial charge in [-0.2, -0.15) is 0 Å². The lowest BCUT2D eigenvalue weighted by atomic mass is 10.0. The minimum atomic E-state index is 0. The maximum absolute atomic E-state index is 6.03. The van der Waals surface area contributed by atoms with Gasteiger partial charge in [0, 0.05) is 24.4 Å². The van der Waals surface area contributed by atoms with Crippen LogP contribution in [0.15, 0.2) is 29.3 Å². The maximum atomic E-state index is 6.03. The highest BCUT2D eigenvalue weighted by atomic mass is 127. The number of rotatable bonds is 8. The fourth-order valence-corrected chi connectivity index (χ4v) is 2.30. The second kappa shape index (κ2) is 11.6. The van der Waals surface area contributed by atoms with Gasteiger partial charge < -0.3 is 20.7 Å². The Morgan fingerprint density at radius 3 is 2.52 bits per heavy atom. The van der Waals surface area contributed by atoms with Gasteiger partial charge in [-0.3, -0.25) is 4.99 Å². The molecule has 0 aliphatic rings. The lowest BCUT2D eigenvalue weighted by Crippen LogP contribution is -2.34. The third-order valence-electron chi connectivity index (χ3n) is 3.53. The van der Waals surface area contributed by atoms with Gasteiger partial charge >= 0.3 is 0 Å². The summed E-state index contributed by atoms with van der Waals surface area (Å²) in [4.78, 5) is 6.70. The number of methoxy groups -OCH3 is 1. The van der Waals surface area contributed by atoms with E-state index in [-0.39, 0.29) is 24.0 Å². The summed E-state index contributed by atoms with van der Waals surface area (Å²) in [6.45, 7) is 5.69. The van der Waals surface area contributed by atoms with E-state index < -0.39 is 0 Å². The van der Waals surface area contributed by atoms with E-state index in [4.69, 9.17) is 10.5 Å². The van der Waals surface area contributed by atoms with Gasteiger partial charge in [-0.1, -0.05) is 32.0 Å². The fourth-order valence-electron chi connectivity index (χ4n) is 2.30. The molecule has 0 saturated carbocycles. The second-order valence-corrected chi connectivity index (χ2v) is 6.19. The highest BCUT2D eigenvalue weighted by molar-refractivity contribution is 14.0. The first-order valence-electron chi connectivity index (χ1n) is 7.74. The summed E-state index contributed by atoms with van der Waals surface area (Å²) in [6, 6.07) is 8.34. The number of nitrogens with one attached hydrogen (secondary N) is 1. The van der Waals surface area contributed by atoms with Crippen LogP contribution in [-0.4, -0.2) is 44.7 Å². The van der Waals surface area contributed by atoms with Crippen molar-refractivity contribution in [1.82, 2.24) is 4.90 Å². The highest BCUT2D eigenvalue weighted by Gasteiger charge is 2.13.